The monoisotopic (exact) mass is 254 g/mol. The van der Waals surface area contributed by atoms with Crippen molar-refractivity contribution < 1.29 is 4.79 Å². The SMILES string of the molecule is C[C@@H]1CCCC[C@@H]1NC(=O)CSc1ncn[nH]1. The highest BCUT2D eigenvalue weighted by Crippen LogP contribution is 2.23. The molecule has 17 heavy (non-hydrogen) atoms. The summed E-state index contributed by atoms with van der Waals surface area (Å²) in [5, 5.41) is 10.3. The Bertz CT molecular complexity index is 354. The van der Waals surface area contributed by atoms with Crippen LogP contribution in [0.25, 0.3) is 0 Å². The van der Waals surface area contributed by atoms with Gasteiger partial charge in [0.05, 0.1) is 5.75 Å². The van der Waals surface area contributed by atoms with Gasteiger partial charge in [0.2, 0.25) is 5.91 Å². The van der Waals surface area contributed by atoms with Crippen LogP contribution in [0.3, 0.4) is 0 Å². The predicted molar refractivity (Wildman–Crippen MR) is 66.7 cm³/mol. The van der Waals surface area contributed by atoms with Gasteiger partial charge in [-0.2, -0.15) is 5.10 Å². The van der Waals surface area contributed by atoms with Gasteiger partial charge in [-0.05, 0) is 18.8 Å². The number of hydrogen-bond acceptors (Lipinski definition) is 4. The Labute approximate surface area is 105 Å². The first kappa shape index (κ1) is 12.4. The molecule has 1 amide bonds. The fraction of sp³-hybridized carbons (Fsp3) is 0.727. The van der Waals surface area contributed by atoms with E-state index in [1.807, 2.05) is 0 Å². The molecule has 1 saturated carbocycles. The van der Waals surface area contributed by atoms with Crippen molar-refractivity contribution in [3.8, 4) is 0 Å². The van der Waals surface area contributed by atoms with Gasteiger partial charge in [0.1, 0.15) is 6.33 Å². The number of H-pyrrole nitrogens is 1. The molecule has 5 nitrogen and oxygen atoms in total. The van der Waals surface area contributed by atoms with Gasteiger partial charge in [-0.1, -0.05) is 31.5 Å². The van der Waals surface area contributed by atoms with E-state index in [1.54, 1.807) is 0 Å². The molecular formula is C11H18N4OS. The largest absolute Gasteiger partial charge is 0.352 e. The van der Waals surface area contributed by atoms with Crippen molar-refractivity contribution in [1.82, 2.24) is 20.5 Å². The lowest BCUT2D eigenvalue weighted by Gasteiger charge is -2.29. The molecule has 94 valence electrons. The first-order valence-electron chi connectivity index (χ1n) is 6.03. The van der Waals surface area contributed by atoms with Crippen LogP contribution in [-0.2, 0) is 4.79 Å². The molecule has 1 heterocycles. The molecule has 1 aromatic heterocycles. The minimum atomic E-state index is 0.0881. The summed E-state index contributed by atoms with van der Waals surface area (Å²) in [7, 11) is 0. The molecule has 2 rings (SSSR count). The van der Waals surface area contributed by atoms with Gasteiger partial charge in [0.25, 0.3) is 0 Å². The summed E-state index contributed by atoms with van der Waals surface area (Å²) in [5.41, 5.74) is 0. The second kappa shape index (κ2) is 6.05. The van der Waals surface area contributed by atoms with Gasteiger partial charge in [-0.15, -0.1) is 0 Å². The van der Waals surface area contributed by atoms with Crippen molar-refractivity contribution in [2.75, 3.05) is 5.75 Å². The second-order valence-electron chi connectivity index (χ2n) is 4.52. The average Bonchev–Trinajstić information content (AvgIpc) is 2.82. The summed E-state index contributed by atoms with van der Waals surface area (Å²) in [4.78, 5) is 15.7. The van der Waals surface area contributed by atoms with Crippen LogP contribution in [0, 0.1) is 5.92 Å². The van der Waals surface area contributed by atoms with E-state index in [9.17, 15) is 4.79 Å². The zero-order valence-corrected chi connectivity index (χ0v) is 10.8. The maximum absolute atomic E-state index is 11.8. The number of aromatic nitrogens is 3. The lowest BCUT2D eigenvalue weighted by Crippen LogP contribution is -2.41. The van der Waals surface area contributed by atoms with Crippen molar-refractivity contribution in [1.29, 1.82) is 0 Å². The number of amides is 1. The van der Waals surface area contributed by atoms with Crippen LogP contribution >= 0.6 is 11.8 Å². The fourth-order valence-corrected chi connectivity index (χ4v) is 2.77. The molecule has 0 aromatic carbocycles. The Morgan fingerprint density at radius 1 is 1.59 bits per heavy atom. The van der Waals surface area contributed by atoms with Gasteiger partial charge in [0.15, 0.2) is 5.16 Å². The smallest absolute Gasteiger partial charge is 0.230 e. The van der Waals surface area contributed by atoms with Crippen LogP contribution in [0.4, 0.5) is 0 Å². The van der Waals surface area contributed by atoms with Crippen LogP contribution in [-0.4, -0.2) is 32.9 Å². The quantitative estimate of drug-likeness (QED) is 0.801. The third-order valence-corrected chi connectivity index (χ3v) is 4.07. The number of nitrogens with zero attached hydrogens (tertiary/aromatic N) is 2. The summed E-state index contributed by atoms with van der Waals surface area (Å²) in [6.07, 6.45) is 6.30. The van der Waals surface area contributed by atoms with Crippen LogP contribution in [0.1, 0.15) is 32.6 Å². The topological polar surface area (TPSA) is 70.7 Å². The van der Waals surface area contributed by atoms with Crippen molar-refractivity contribution in [2.24, 2.45) is 5.92 Å². The highest BCUT2D eigenvalue weighted by Gasteiger charge is 2.22. The van der Waals surface area contributed by atoms with Crippen LogP contribution in [0.15, 0.2) is 11.5 Å². The van der Waals surface area contributed by atoms with Crippen molar-refractivity contribution in [2.45, 2.75) is 43.8 Å². The number of thioether (sulfide) groups is 1. The zero-order valence-electron chi connectivity index (χ0n) is 9.98. The van der Waals surface area contributed by atoms with Crippen molar-refractivity contribution in [3.63, 3.8) is 0 Å². The zero-order chi connectivity index (χ0) is 12.1. The van der Waals surface area contributed by atoms with Crippen molar-refractivity contribution >= 4 is 17.7 Å². The number of nitrogens with one attached hydrogen (secondary N) is 2. The molecular weight excluding hydrogens is 236 g/mol. The van der Waals surface area contributed by atoms with E-state index >= 15 is 0 Å². The highest BCUT2D eigenvalue weighted by molar-refractivity contribution is 7.99. The summed E-state index contributed by atoms with van der Waals surface area (Å²) in [6, 6.07) is 0.353. The molecule has 0 bridgehead atoms. The predicted octanol–water partition coefficient (Wildman–Crippen LogP) is 1.59. The molecule has 2 N–H and O–H groups in total. The van der Waals surface area contributed by atoms with Gasteiger partial charge in [0, 0.05) is 6.04 Å². The number of aromatic amines is 1. The average molecular weight is 254 g/mol. The Balaban J connectivity index is 1.73. The lowest BCUT2D eigenvalue weighted by atomic mass is 9.86. The molecule has 1 aliphatic carbocycles. The highest BCUT2D eigenvalue weighted by atomic mass is 32.2. The van der Waals surface area contributed by atoms with E-state index in [2.05, 4.69) is 27.4 Å². The maximum Gasteiger partial charge on any atom is 0.230 e. The first-order valence-corrected chi connectivity index (χ1v) is 7.02. The summed E-state index contributed by atoms with van der Waals surface area (Å²) in [6.45, 7) is 2.22. The maximum atomic E-state index is 11.8. The third kappa shape index (κ3) is 3.73. The van der Waals surface area contributed by atoms with E-state index in [0.29, 0.717) is 22.9 Å². The Hall–Kier alpha value is -1.04. The molecule has 0 saturated heterocycles. The van der Waals surface area contributed by atoms with Gasteiger partial charge < -0.3 is 5.32 Å². The molecule has 6 heteroatoms. The second-order valence-corrected chi connectivity index (χ2v) is 5.48. The van der Waals surface area contributed by atoms with Gasteiger partial charge in [-0.25, -0.2) is 4.98 Å². The Morgan fingerprint density at radius 3 is 3.12 bits per heavy atom. The van der Waals surface area contributed by atoms with E-state index in [4.69, 9.17) is 0 Å². The number of carbonyl (C=O) groups is 1. The normalized spacial score (nSPS) is 24.5. The molecule has 1 aromatic rings. The summed E-state index contributed by atoms with van der Waals surface area (Å²) >= 11 is 1.38. The fourth-order valence-electron chi connectivity index (χ4n) is 2.18. The van der Waals surface area contributed by atoms with Crippen molar-refractivity contribution in [3.05, 3.63) is 6.33 Å². The molecule has 0 aliphatic heterocycles. The third-order valence-electron chi connectivity index (χ3n) is 3.19. The number of hydrogen-bond donors (Lipinski definition) is 2. The first-order chi connectivity index (χ1) is 8.25. The van der Waals surface area contributed by atoms with Gasteiger partial charge in [-0.3, -0.25) is 9.89 Å². The molecule has 2 atom stereocenters. The molecule has 0 radical (unpaired) electrons. The van der Waals surface area contributed by atoms with Gasteiger partial charge >= 0.3 is 0 Å². The molecule has 0 spiro atoms. The summed E-state index contributed by atoms with van der Waals surface area (Å²) in [5.74, 6) is 1.09. The van der Waals surface area contributed by atoms with Crippen LogP contribution in [0.2, 0.25) is 0 Å². The summed E-state index contributed by atoms with van der Waals surface area (Å²) < 4.78 is 0. The van der Waals surface area contributed by atoms with E-state index in [1.165, 1.54) is 37.4 Å². The van der Waals surface area contributed by atoms with Crippen LogP contribution < -0.4 is 5.32 Å². The molecule has 0 unspecified atom stereocenters. The Kier molecular flexibility index (Phi) is 4.42. The minimum Gasteiger partial charge on any atom is -0.352 e. The molecule has 1 fully saturated rings. The van der Waals surface area contributed by atoms with E-state index < -0.39 is 0 Å². The lowest BCUT2D eigenvalue weighted by molar-refractivity contribution is -0.119. The van der Waals surface area contributed by atoms with E-state index in [0.717, 1.165) is 6.42 Å². The standard InChI is InChI=1S/C11H18N4OS/c1-8-4-2-3-5-9(8)14-10(16)6-17-11-12-7-13-15-11/h7-9H,2-6H2,1H3,(H,14,16)(H,12,13,15)/t8-,9+/m1/s1. The number of rotatable bonds is 4. The number of carbonyl (C=O) groups excluding carboxylic acids is 1. The Morgan fingerprint density at radius 2 is 2.41 bits per heavy atom. The van der Waals surface area contributed by atoms with Crippen LogP contribution in [0.5, 0.6) is 0 Å². The van der Waals surface area contributed by atoms with E-state index in [-0.39, 0.29) is 5.91 Å². The minimum absolute atomic E-state index is 0.0881. The molecule has 1 aliphatic rings.